The van der Waals surface area contributed by atoms with Crippen molar-refractivity contribution in [2.24, 2.45) is 0 Å². The molecule has 0 atom stereocenters. The Morgan fingerprint density at radius 1 is 0.275 bits per heavy atom. The molecule has 11 aromatic carbocycles. The Kier molecular flexibility index (Phi) is 7.97. The van der Waals surface area contributed by atoms with Crippen LogP contribution in [0.1, 0.15) is 0 Å². The van der Waals surface area contributed by atoms with E-state index >= 15 is 0 Å². The summed E-state index contributed by atoms with van der Waals surface area (Å²) >= 11 is 0. The highest BCUT2D eigenvalue weighted by molar-refractivity contribution is 6.26. The maximum atomic E-state index is 6.80. The van der Waals surface area contributed by atoms with Crippen molar-refractivity contribution in [3.8, 4) is 51.0 Å². The highest BCUT2D eigenvalue weighted by Gasteiger charge is 2.20. The van der Waals surface area contributed by atoms with Crippen LogP contribution in [0.25, 0.3) is 149 Å². The van der Waals surface area contributed by atoms with Gasteiger partial charge in [-0.15, -0.1) is 0 Å². The van der Waals surface area contributed by atoms with Crippen molar-refractivity contribution >= 4 is 98.0 Å². The van der Waals surface area contributed by atoms with Gasteiger partial charge in [-0.1, -0.05) is 140 Å². The second-order valence-electron chi connectivity index (χ2n) is 17.9. The van der Waals surface area contributed by atoms with E-state index in [1.54, 1.807) is 0 Å². The Labute approximate surface area is 394 Å². The standard InChI is InChI=1S/C63H36N4O2/c1-2-13-41(14-3-1)67-55-23-10-8-19-48(55)52-33-37(26-30-56(52)67)42-21-12-22-50-54-36-40(28-32-59(54)69-60(42)50)63-65-61(64-62(66-63)39-27-31-58-53(35-39)49-20-9-11-24-57(49)68-58)38-25-29-47-45-17-5-4-15-43(45)44-16-6-7-18-46(44)51(47)34-38/h1-36H. The summed E-state index contributed by atoms with van der Waals surface area (Å²) in [5, 5.41) is 13.7. The molecule has 6 heteroatoms. The van der Waals surface area contributed by atoms with Crippen LogP contribution in [0.3, 0.4) is 0 Å². The maximum absolute atomic E-state index is 6.80. The van der Waals surface area contributed by atoms with Gasteiger partial charge in [0.15, 0.2) is 17.5 Å². The molecular weight excluding hydrogens is 845 g/mol. The number of benzene rings is 11. The molecule has 0 radical (unpaired) electrons. The van der Waals surface area contributed by atoms with E-state index in [1.165, 1.54) is 43.2 Å². The summed E-state index contributed by atoms with van der Waals surface area (Å²) in [7, 11) is 0. The quantitative estimate of drug-likeness (QED) is 0.161. The minimum atomic E-state index is 0.572. The largest absolute Gasteiger partial charge is 0.456 e. The Balaban J connectivity index is 0.905. The average molecular weight is 881 g/mol. The van der Waals surface area contributed by atoms with Gasteiger partial charge in [0.1, 0.15) is 22.3 Å². The zero-order chi connectivity index (χ0) is 45.2. The van der Waals surface area contributed by atoms with Gasteiger partial charge in [0.05, 0.1) is 11.0 Å². The number of hydrogen-bond donors (Lipinski definition) is 0. The van der Waals surface area contributed by atoms with Crippen LogP contribution in [0.5, 0.6) is 0 Å². The number of rotatable bonds is 5. The van der Waals surface area contributed by atoms with Gasteiger partial charge >= 0.3 is 0 Å². The van der Waals surface area contributed by atoms with E-state index in [-0.39, 0.29) is 0 Å². The van der Waals surface area contributed by atoms with Crippen molar-refractivity contribution < 1.29 is 8.83 Å². The van der Waals surface area contributed by atoms with Crippen LogP contribution in [0, 0.1) is 0 Å². The monoisotopic (exact) mass is 880 g/mol. The summed E-state index contributed by atoms with van der Waals surface area (Å²) in [6.45, 7) is 0. The molecule has 0 spiro atoms. The molecule has 0 aliphatic carbocycles. The van der Waals surface area contributed by atoms with Gasteiger partial charge < -0.3 is 13.4 Å². The van der Waals surface area contributed by atoms with E-state index < -0.39 is 0 Å². The molecule has 0 aliphatic heterocycles. The number of aromatic nitrogens is 4. The molecule has 0 fully saturated rings. The first kappa shape index (κ1) is 37.8. The molecule has 69 heavy (non-hydrogen) atoms. The normalized spacial score (nSPS) is 12.1. The number of furan rings is 2. The van der Waals surface area contributed by atoms with Crippen LogP contribution in [-0.4, -0.2) is 19.5 Å². The lowest BCUT2D eigenvalue weighted by Crippen LogP contribution is -2.00. The Morgan fingerprint density at radius 3 is 1.43 bits per heavy atom. The second-order valence-corrected chi connectivity index (χ2v) is 17.9. The predicted molar refractivity (Wildman–Crippen MR) is 283 cm³/mol. The third-order valence-corrected chi connectivity index (χ3v) is 14.0. The topological polar surface area (TPSA) is 69.9 Å². The Hall–Kier alpha value is -9.39. The number of para-hydroxylation sites is 4. The summed E-state index contributed by atoms with van der Waals surface area (Å²) in [5.74, 6) is 1.74. The molecule has 4 heterocycles. The van der Waals surface area contributed by atoms with E-state index in [1.807, 2.05) is 36.4 Å². The second kappa shape index (κ2) is 14.6. The molecule has 0 aliphatic rings. The molecular formula is C63H36N4O2. The summed E-state index contributed by atoms with van der Waals surface area (Å²) in [5.41, 5.74) is 11.5. The van der Waals surface area contributed by atoms with Gasteiger partial charge in [0.2, 0.25) is 0 Å². The van der Waals surface area contributed by atoms with E-state index in [9.17, 15) is 0 Å². The third kappa shape index (κ3) is 5.76. The van der Waals surface area contributed by atoms with Gasteiger partial charge in [0, 0.05) is 60.3 Å². The fraction of sp³-hybridized carbons (Fsp3) is 0. The lowest BCUT2D eigenvalue weighted by molar-refractivity contribution is 0.669. The van der Waals surface area contributed by atoms with Crippen molar-refractivity contribution in [2.45, 2.75) is 0 Å². The Morgan fingerprint density at radius 2 is 0.739 bits per heavy atom. The fourth-order valence-electron chi connectivity index (χ4n) is 10.8. The van der Waals surface area contributed by atoms with Crippen LogP contribution in [0.2, 0.25) is 0 Å². The molecule has 0 saturated carbocycles. The minimum absolute atomic E-state index is 0.572. The van der Waals surface area contributed by atoms with Crippen LogP contribution >= 0.6 is 0 Å². The van der Waals surface area contributed by atoms with Crippen LogP contribution in [0.4, 0.5) is 0 Å². The molecule has 0 unspecified atom stereocenters. The van der Waals surface area contributed by atoms with E-state index in [0.717, 1.165) is 88.3 Å². The van der Waals surface area contributed by atoms with Gasteiger partial charge in [-0.2, -0.15) is 0 Å². The summed E-state index contributed by atoms with van der Waals surface area (Å²) < 4.78 is 15.4. The van der Waals surface area contributed by atoms with Crippen LogP contribution in [0.15, 0.2) is 227 Å². The molecule has 6 nitrogen and oxygen atoms in total. The minimum Gasteiger partial charge on any atom is -0.456 e. The molecule has 15 rings (SSSR count). The zero-order valence-electron chi connectivity index (χ0n) is 36.9. The van der Waals surface area contributed by atoms with Crippen LogP contribution < -0.4 is 0 Å². The average Bonchev–Trinajstić information content (AvgIpc) is 4.10. The Bertz CT molecular complexity index is 4580. The summed E-state index contributed by atoms with van der Waals surface area (Å²) in [4.78, 5) is 15.8. The third-order valence-electron chi connectivity index (χ3n) is 14.0. The van der Waals surface area contributed by atoms with Gasteiger partial charge in [-0.05, 0) is 117 Å². The number of nitrogens with zero attached hydrogens (tertiary/aromatic N) is 4. The van der Waals surface area contributed by atoms with Crippen molar-refractivity contribution in [1.82, 2.24) is 19.5 Å². The first-order valence-electron chi connectivity index (χ1n) is 23.2. The summed E-state index contributed by atoms with van der Waals surface area (Å²) in [6, 6.07) is 76.9. The predicted octanol–water partition coefficient (Wildman–Crippen LogP) is 16.9. The van der Waals surface area contributed by atoms with Gasteiger partial charge in [-0.25, -0.2) is 15.0 Å². The van der Waals surface area contributed by atoms with E-state index in [2.05, 4.69) is 187 Å². The van der Waals surface area contributed by atoms with E-state index in [4.69, 9.17) is 23.8 Å². The van der Waals surface area contributed by atoms with Gasteiger partial charge in [-0.3, -0.25) is 0 Å². The zero-order valence-corrected chi connectivity index (χ0v) is 36.9. The van der Waals surface area contributed by atoms with Crippen molar-refractivity contribution in [1.29, 1.82) is 0 Å². The lowest BCUT2D eigenvalue weighted by atomic mass is 9.93. The maximum Gasteiger partial charge on any atom is 0.164 e. The number of fused-ring (bicyclic) bond motifs is 15. The van der Waals surface area contributed by atoms with Crippen molar-refractivity contribution in [3.63, 3.8) is 0 Å². The SMILES string of the molecule is c1ccc(-n2c3ccccc3c3cc(-c4cccc5c4oc4ccc(-c6nc(-c7ccc8oc9ccccc9c8c7)nc(-c7ccc8c9ccccc9c9ccccc9c8c7)n6)cc45)ccc32)cc1. The number of hydrogen-bond acceptors (Lipinski definition) is 5. The first-order valence-corrected chi connectivity index (χ1v) is 23.2. The molecule has 0 bridgehead atoms. The van der Waals surface area contributed by atoms with E-state index in [0.29, 0.717) is 17.5 Å². The molecule has 0 N–H and O–H groups in total. The lowest BCUT2D eigenvalue weighted by Gasteiger charge is -2.12. The fourth-order valence-corrected chi connectivity index (χ4v) is 10.8. The van der Waals surface area contributed by atoms with Crippen molar-refractivity contribution in [3.05, 3.63) is 218 Å². The van der Waals surface area contributed by atoms with Crippen molar-refractivity contribution in [2.75, 3.05) is 0 Å². The summed E-state index contributed by atoms with van der Waals surface area (Å²) in [6.07, 6.45) is 0. The molecule has 320 valence electrons. The molecule has 0 saturated heterocycles. The first-order chi connectivity index (χ1) is 34.2. The highest BCUT2D eigenvalue weighted by atomic mass is 16.3. The molecule has 0 amide bonds. The molecule has 4 aromatic heterocycles. The molecule has 15 aromatic rings. The van der Waals surface area contributed by atoms with Gasteiger partial charge in [0.25, 0.3) is 0 Å². The highest BCUT2D eigenvalue weighted by Crippen LogP contribution is 2.42. The smallest absolute Gasteiger partial charge is 0.164 e. The van der Waals surface area contributed by atoms with Crippen LogP contribution in [-0.2, 0) is 0 Å².